The number of hydrogen-bond donors (Lipinski definition) is 2. The zero-order valence-electron chi connectivity index (χ0n) is 23.3. The third-order valence-electron chi connectivity index (χ3n) is 6.41. The molecule has 2 atom stereocenters. The molecule has 1 heterocycles. The minimum Gasteiger partial charge on any atom is -0.464 e. The lowest BCUT2D eigenvalue weighted by atomic mass is 10.0. The Kier molecular flexibility index (Phi) is 14.0. The molecule has 0 aliphatic rings. The van der Waals surface area contributed by atoms with E-state index in [2.05, 4.69) is 20.9 Å². The van der Waals surface area contributed by atoms with E-state index in [1.165, 1.54) is 0 Å². The maximum absolute atomic E-state index is 12.9. The second kappa shape index (κ2) is 16.7. The Hall–Kier alpha value is -2.52. The van der Waals surface area contributed by atoms with Gasteiger partial charge in [0.05, 0.1) is 23.7 Å². The number of rotatable bonds is 15. The van der Waals surface area contributed by atoms with Gasteiger partial charge in [-0.1, -0.05) is 32.0 Å². The summed E-state index contributed by atoms with van der Waals surface area (Å²) < 4.78 is 7.24. The highest BCUT2D eigenvalue weighted by molar-refractivity contribution is 6.18. The van der Waals surface area contributed by atoms with Crippen molar-refractivity contribution in [1.82, 2.24) is 14.9 Å². The Bertz CT molecular complexity index is 1220. The van der Waals surface area contributed by atoms with E-state index in [1.807, 2.05) is 56.3 Å². The Balaban J connectivity index is 0.00000560. The predicted molar refractivity (Wildman–Crippen MR) is 166 cm³/mol. The van der Waals surface area contributed by atoms with Gasteiger partial charge in [-0.05, 0) is 56.0 Å². The van der Waals surface area contributed by atoms with E-state index >= 15 is 0 Å². The van der Waals surface area contributed by atoms with Gasteiger partial charge >= 0.3 is 5.97 Å². The number of carbonyl (C=O) groups is 2. The first-order valence-corrected chi connectivity index (χ1v) is 14.5. The number of hydrogen-bond acceptors (Lipinski definition) is 6. The highest BCUT2D eigenvalue weighted by Crippen LogP contribution is 2.27. The topological polar surface area (TPSA) is 102 Å². The number of nitrogens with one attached hydrogen (secondary N) is 1. The molecule has 220 valence electrons. The van der Waals surface area contributed by atoms with Crippen LogP contribution in [0.15, 0.2) is 48.5 Å². The molecule has 0 radical (unpaired) electrons. The summed E-state index contributed by atoms with van der Waals surface area (Å²) in [6.07, 6.45) is 1.30. The predicted octanol–water partition coefficient (Wildman–Crippen LogP) is 5.09. The summed E-state index contributed by atoms with van der Waals surface area (Å²) in [5.74, 6) is 1.17. The number of ether oxygens (including phenoxy) is 1. The summed E-state index contributed by atoms with van der Waals surface area (Å²) in [5.41, 5.74) is 10.1. The number of carbonyl (C=O) groups excluding carboxylic acids is 2. The molecule has 0 aliphatic carbocycles. The molecule has 2 unspecified atom stereocenters. The zero-order valence-corrected chi connectivity index (χ0v) is 25.6. The van der Waals surface area contributed by atoms with Gasteiger partial charge in [-0.15, -0.1) is 35.6 Å². The molecule has 2 aromatic carbocycles. The number of imidazole rings is 1. The smallest absolute Gasteiger partial charge is 0.328 e. The Labute approximate surface area is 252 Å². The Morgan fingerprint density at radius 3 is 2.38 bits per heavy atom. The SMILES string of the molecule is CCOC(=O)C(CC(C)C)NC(=O)C(N)CCc1nc2cc(N(CCCl)CCCl)ccc2n1-c1ccccc1.Cl. The third-order valence-corrected chi connectivity index (χ3v) is 6.74. The fourth-order valence-corrected chi connectivity index (χ4v) is 4.95. The number of amides is 1. The monoisotopic (exact) mass is 611 g/mol. The van der Waals surface area contributed by atoms with Gasteiger partial charge in [0, 0.05) is 42.6 Å². The molecule has 40 heavy (non-hydrogen) atoms. The lowest BCUT2D eigenvalue weighted by Crippen LogP contribution is -2.49. The zero-order chi connectivity index (χ0) is 28.4. The summed E-state index contributed by atoms with van der Waals surface area (Å²) in [4.78, 5) is 32.4. The van der Waals surface area contributed by atoms with Crippen molar-refractivity contribution in [2.75, 3.05) is 36.4 Å². The van der Waals surface area contributed by atoms with Crippen LogP contribution >= 0.6 is 35.6 Å². The molecule has 3 rings (SSSR count). The molecule has 8 nitrogen and oxygen atoms in total. The molecule has 3 aromatic rings. The number of benzene rings is 2. The highest BCUT2D eigenvalue weighted by atomic mass is 35.5. The summed E-state index contributed by atoms with van der Waals surface area (Å²) in [5, 5.41) is 2.79. The van der Waals surface area contributed by atoms with E-state index in [1.54, 1.807) is 6.92 Å². The fourth-order valence-electron chi connectivity index (χ4n) is 4.54. The summed E-state index contributed by atoms with van der Waals surface area (Å²) >= 11 is 12.0. The first-order valence-electron chi connectivity index (χ1n) is 13.4. The van der Waals surface area contributed by atoms with Crippen molar-refractivity contribution >= 4 is 64.2 Å². The molecule has 1 aromatic heterocycles. The molecule has 11 heteroatoms. The summed E-state index contributed by atoms with van der Waals surface area (Å²) in [6, 6.07) is 14.6. The minimum atomic E-state index is -0.809. The standard InChI is InChI=1S/C29H39Cl2N5O3.ClH/c1-4-39-29(38)25(18-20(2)3)34-28(37)23(32)11-13-27-33-24-19-22(35(16-14-30)17-15-31)10-12-26(24)36(27)21-8-6-5-7-9-21;/h5-10,12,19-20,23,25H,4,11,13-18,32H2,1-3H3,(H,34,37);1H. The summed E-state index contributed by atoms with van der Waals surface area (Å²) in [6.45, 7) is 7.33. The Morgan fingerprint density at radius 1 is 1.10 bits per heavy atom. The molecule has 0 bridgehead atoms. The van der Waals surface area contributed by atoms with Gasteiger partial charge in [-0.25, -0.2) is 9.78 Å². The van der Waals surface area contributed by atoms with Crippen molar-refractivity contribution in [2.45, 2.75) is 52.1 Å². The molecule has 1 amide bonds. The number of esters is 1. The second-order valence-electron chi connectivity index (χ2n) is 9.82. The van der Waals surface area contributed by atoms with E-state index in [-0.39, 0.29) is 30.8 Å². The van der Waals surface area contributed by atoms with Crippen LogP contribution in [0.2, 0.25) is 0 Å². The molecular weight excluding hydrogens is 573 g/mol. The number of fused-ring (bicyclic) bond motifs is 1. The quantitative estimate of drug-likeness (QED) is 0.183. The average molecular weight is 613 g/mol. The van der Waals surface area contributed by atoms with Crippen LogP contribution in [0, 0.1) is 5.92 Å². The van der Waals surface area contributed by atoms with Crippen LogP contribution in [0.3, 0.4) is 0 Å². The van der Waals surface area contributed by atoms with E-state index < -0.39 is 18.1 Å². The number of aromatic nitrogens is 2. The number of aryl methyl sites for hydroxylation is 1. The summed E-state index contributed by atoms with van der Waals surface area (Å²) in [7, 11) is 0. The number of halogens is 3. The van der Waals surface area contributed by atoms with Crippen molar-refractivity contribution in [3.8, 4) is 5.69 Å². The first-order chi connectivity index (χ1) is 18.8. The van der Waals surface area contributed by atoms with Gasteiger partial charge in [0.25, 0.3) is 0 Å². The van der Waals surface area contributed by atoms with Crippen molar-refractivity contribution in [2.24, 2.45) is 11.7 Å². The van der Waals surface area contributed by atoms with Crippen LogP contribution in [0.1, 0.15) is 39.4 Å². The Morgan fingerprint density at radius 2 is 1.77 bits per heavy atom. The minimum absolute atomic E-state index is 0. The highest BCUT2D eigenvalue weighted by Gasteiger charge is 2.26. The van der Waals surface area contributed by atoms with Crippen LogP contribution in [0.5, 0.6) is 0 Å². The van der Waals surface area contributed by atoms with E-state index in [4.69, 9.17) is 38.7 Å². The van der Waals surface area contributed by atoms with Gasteiger partial charge in [0.2, 0.25) is 5.91 Å². The van der Waals surface area contributed by atoms with Crippen LogP contribution < -0.4 is 16.0 Å². The lowest BCUT2D eigenvalue weighted by Gasteiger charge is -2.22. The average Bonchev–Trinajstić information content (AvgIpc) is 3.29. The number of nitrogens with zero attached hydrogens (tertiary/aromatic N) is 3. The second-order valence-corrected chi connectivity index (χ2v) is 10.6. The van der Waals surface area contributed by atoms with Crippen LogP contribution in [-0.4, -0.2) is 65.0 Å². The molecule has 0 saturated heterocycles. The van der Waals surface area contributed by atoms with Crippen LogP contribution in [-0.2, 0) is 20.7 Å². The molecule has 0 fully saturated rings. The molecule has 3 N–H and O–H groups in total. The van der Waals surface area contributed by atoms with Crippen LogP contribution in [0.4, 0.5) is 5.69 Å². The van der Waals surface area contributed by atoms with Crippen molar-refractivity contribution in [1.29, 1.82) is 0 Å². The van der Waals surface area contributed by atoms with Crippen molar-refractivity contribution in [3.05, 3.63) is 54.4 Å². The van der Waals surface area contributed by atoms with Gasteiger partial charge in [0.1, 0.15) is 11.9 Å². The fraction of sp³-hybridized carbons (Fsp3) is 0.483. The molecule has 0 saturated carbocycles. The van der Waals surface area contributed by atoms with E-state index in [0.29, 0.717) is 44.1 Å². The first kappa shape index (κ1) is 33.7. The maximum atomic E-state index is 12.9. The van der Waals surface area contributed by atoms with Crippen molar-refractivity contribution in [3.63, 3.8) is 0 Å². The molecule has 0 aliphatic heterocycles. The number of para-hydroxylation sites is 1. The number of anilines is 1. The maximum Gasteiger partial charge on any atom is 0.328 e. The van der Waals surface area contributed by atoms with Gasteiger partial charge < -0.3 is 20.7 Å². The molecule has 0 spiro atoms. The van der Waals surface area contributed by atoms with Crippen LogP contribution in [0.25, 0.3) is 16.7 Å². The normalized spacial score (nSPS) is 12.6. The van der Waals surface area contributed by atoms with Gasteiger partial charge in [-0.2, -0.15) is 0 Å². The lowest BCUT2D eigenvalue weighted by molar-refractivity contribution is -0.148. The van der Waals surface area contributed by atoms with Gasteiger partial charge in [0.15, 0.2) is 0 Å². The number of nitrogens with two attached hydrogens (primary N) is 1. The van der Waals surface area contributed by atoms with Crippen molar-refractivity contribution < 1.29 is 14.3 Å². The van der Waals surface area contributed by atoms with E-state index in [9.17, 15) is 9.59 Å². The van der Waals surface area contributed by atoms with Gasteiger partial charge in [-0.3, -0.25) is 9.36 Å². The number of alkyl halides is 2. The van der Waals surface area contributed by atoms with E-state index in [0.717, 1.165) is 28.2 Å². The molecular formula is C29H40Cl3N5O3. The third kappa shape index (κ3) is 8.99. The largest absolute Gasteiger partial charge is 0.464 e.